The molecule has 0 saturated heterocycles. The van der Waals surface area contributed by atoms with Crippen LogP contribution in [-0.2, 0) is 9.47 Å². The highest BCUT2D eigenvalue weighted by Crippen LogP contribution is 2.15. The van der Waals surface area contributed by atoms with E-state index in [1.807, 2.05) is 0 Å². The fourth-order valence-electron chi connectivity index (χ4n) is 6.31. The van der Waals surface area contributed by atoms with Gasteiger partial charge < -0.3 is 19.3 Å². The van der Waals surface area contributed by atoms with Crippen LogP contribution in [0.3, 0.4) is 0 Å². The summed E-state index contributed by atoms with van der Waals surface area (Å²) >= 11 is 0. The molecule has 278 valence electrons. The molecule has 6 heteroatoms. The number of carbonyl (C=O) groups is 2. The van der Waals surface area contributed by atoms with Gasteiger partial charge in [-0.15, -0.1) is 0 Å². The molecule has 48 heavy (non-hydrogen) atoms. The molecule has 1 aromatic carbocycles. The van der Waals surface area contributed by atoms with Gasteiger partial charge in [-0.1, -0.05) is 154 Å². The second kappa shape index (κ2) is 32.3. The number of hydrogen-bond donors (Lipinski definition) is 0. The van der Waals surface area contributed by atoms with Gasteiger partial charge >= 0.3 is 11.9 Å². The molecular formula is C42H76N2O4. The van der Waals surface area contributed by atoms with Crippen LogP contribution < -0.4 is 0 Å². The Kier molecular flexibility index (Phi) is 29.7. The average molecular weight is 673 g/mol. The monoisotopic (exact) mass is 673 g/mol. The molecule has 1 rings (SSSR count). The molecule has 0 spiro atoms. The number of unbranched alkanes of at least 4 members (excludes halogenated alkanes) is 20. The van der Waals surface area contributed by atoms with Crippen LogP contribution >= 0.6 is 0 Å². The predicted molar refractivity (Wildman–Crippen MR) is 204 cm³/mol. The molecule has 0 N–H and O–H groups in total. The van der Waals surface area contributed by atoms with Crippen LogP contribution in [0.25, 0.3) is 0 Å². The molecule has 0 aromatic heterocycles. The van der Waals surface area contributed by atoms with Crippen molar-refractivity contribution in [3.05, 3.63) is 35.4 Å². The zero-order chi connectivity index (χ0) is 34.9. The number of hydrogen-bond acceptors (Lipinski definition) is 6. The lowest BCUT2D eigenvalue weighted by molar-refractivity contribution is 0.0444. The van der Waals surface area contributed by atoms with Crippen LogP contribution in [-0.4, -0.2) is 75.2 Å². The van der Waals surface area contributed by atoms with Gasteiger partial charge in [0, 0.05) is 13.1 Å². The summed E-state index contributed by atoms with van der Waals surface area (Å²) in [4.78, 5) is 30.3. The molecule has 0 heterocycles. The number of benzene rings is 1. The maximum Gasteiger partial charge on any atom is 0.339 e. The van der Waals surface area contributed by atoms with E-state index in [2.05, 4.69) is 37.7 Å². The highest BCUT2D eigenvalue weighted by atomic mass is 16.5. The van der Waals surface area contributed by atoms with Gasteiger partial charge in [0.1, 0.15) is 0 Å². The average Bonchev–Trinajstić information content (AvgIpc) is 3.09. The van der Waals surface area contributed by atoms with Crippen molar-refractivity contribution < 1.29 is 19.1 Å². The Bertz CT molecular complexity index is 821. The molecule has 6 nitrogen and oxygen atoms in total. The Morgan fingerprint density at radius 3 is 1.02 bits per heavy atom. The first kappa shape index (κ1) is 44.1. The van der Waals surface area contributed by atoms with Gasteiger partial charge in [0.2, 0.25) is 0 Å². The third-order valence-electron chi connectivity index (χ3n) is 9.49. The first-order valence-corrected chi connectivity index (χ1v) is 20.3. The summed E-state index contributed by atoms with van der Waals surface area (Å²) in [7, 11) is 4.28. The fourth-order valence-corrected chi connectivity index (χ4v) is 6.31. The first-order valence-electron chi connectivity index (χ1n) is 20.3. The second-order valence-electron chi connectivity index (χ2n) is 14.2. The van der Waals surface area contributed by atoms with Crippen molar-refractivity contribution in [1.82, 2.24) is 9.80 Å². The number of nitrogens with zero attached hydrogens (tertiary/aromatic N) is 2. The molecule has 0 saturated carbocycles. The summed E-state index contributed by atoms with van der Waals surface area (Å²) in [6.45, 7) is 9.17. The molecule has 1 aromatic rings. The van der Waals surface area contributed by atoms with Gasteiger partial charge in [-0.05, 0) is 65.0 Å². The Balaban J connectivity index is 2.11. The number of carbonyl (C=O) groups excluding carboxylic acids is 2. The SMILES string of the molecule is CCCCCCCCCCCCCN(C)CCCOC(=O)c1ccccc1C(=O)OCCCN(C)CCCCCCCCCCCCC. The van der Waals surface area contributed by atoms with Crippen molar-refractivity contribution in [2.24, 2.45) is 0 Å². The van der Waals surface area contributed by atoms with E-state index in [9.17, 15) is 9.59 Å². The lowest BCUT2D eigenvalue weighted by Crippen LogP contribution is -2.23. The smallest absolute Gasteiger partial charge is 0.339 e. The molecule has 0 amide bonds. The standard InChI is InChI=1S/C42H76N2O4/c1-5-7-9-11-13-15-17-19-21-23-27-33-43(3)35-29-37-47-41(45)39-31-25-26-32-40(39)42(46)48-38-30-36-44(4)34-28-24-22-20-18-16-14-12-10-8-6-2/h25-26,31-32H,5-24,27-30,33-38H2,1-4H3. The minimum absolute atomic E-state index is 0.283. The minimum atomic E-state index is -0.456. The van der Waals surface area contributed by atoms with E-state index in [0.717, 1.165) is 39.0 Å². The van der Waals surface area contributed by atoms with E-state index in [-0.39, 0.29) is 11.1 Å². The van der Waals surface area contributed by atoms with E-state index in [4.69, 9.17) is 9.47 Å². The number of ether oxygens (including phenoxy) is 2. The van der Waals surface area contributed by atoms with E-state index in [1.165, 1.54) is 141 Å². The molecule has 0 fully saturated rings. The lowest BCUT2D eigenvalue weighted by Gasteiger charge is -2.17. The third kappa shape index (κ3) is 25.1. The van der Waals surface area contributed by atoms with Gasteiger partial charge in [-0.25, -0.2) is 9.59 Å². The quantitative estimate of drug-likeness (QED) is 0.0536. The topological polar surface area (TPSA) is 59.1 Å². The maximum atomic E-state index is 12.8. The molecule has 0 aliphatic heterocycles. The van der Waals surface area contributed by atoms with Crippen molar-refractivity contribution in [2.45, 2.75) is 168 Å². The number of rotatable bonds is 34. The second-order valence-corrected chi connectivity index (χ2v) is 14.2. The van der Waals surface area contributed by atoms with E-state index >= 15 is 0 Å². The van der Waals surface area contributed by atoms with Crippen LogP contribution in [0.1, 0.15) is 189 Å². The maximum absolute atomic E-state index is 12.8. The van der Waals surface area contributed by atoms with Crippen LogP contribution in [0.15, 0.2) is 24.3 Å². The lowest BCUT2D eigenvalue weighted by atomic mass is 10.1. The largest absolute Gasteiger partial charge is 0.462 e. The molecule has 0 aliphatic rings. The van der Waals surface area contributed by atoms with Gasteiger partial charge in [0.25, 0.3) is 0 Å². The summed E-state index contributed by atoms with van der Waals surface area (Å²) < 4.78 is 11.1. The van der Waals surface area contributed by atoms with Gasteiger partial charge in [0.05, 0.1) is 24.3 Å². The summed E-state index contributed by atoms with van der Waals surface area (Å²) in [6.07, 6.45) is 31.4. The normalized spacial score (nSPS) is 11.5. The number of esters is 2. The van der Waals surface area contributed by atoms with E-state index in [0.29, 0.717) is 13.2 Å². The van der Waals surface area contributed by atoms with Crippen LogP contribution in [0.5, 0.6) is 0 Å². The fraction of sp³-hybridized carbons (Fsp3) is 0.810. The Hall–Kier alpha value is -1.92. The molecule has 0 atom stereocenters. The van der Waals surface area contributed by atoms with Crippen molar-refractivity contribution in [2.75, 3.05) is 53.5 Å². The Morgan fingerprint density at radius 2 is 0.708 bits per heavy atom. The van der Waals surface area contributed by atoms with Gasteiger partial charge in [-0.2, -0.15) is 0 Å². The zero-order valence-electron chi connectivity index (χ0n) is 32.1. The highest BCUT2D eigenvalue weighted by molar-refractivity contribution is 6.03. The summed E-state index contributed by atoms with van der Waals surface area (Å²) in [5, 5.41) is 0. The van der Waals surface area contributed by atoms with Crippen molar-refractivity contribution >= 4 is 11.9 Å². The first-order chi connectivity index (χ1) is 23.5. The molecular weight excluding hydrogens is 596 g/mol. The summed E-state index contributed by atoms with van der Waals surface area (Å²) in [5.74, 6) is -0.912. The van der Waals surface area contributed by atoms with Crippen molar-refractivity contribution in [3.63, 3.8) is 0 Å². The molecule has 0 radical (unpaired) electrons. The highest BCUT2D eigenvalue weighted by Gasteiger charge is 2.19. The molecule has 0 aliphatic carbocycles. The van der Waals surface area contributed by atoms with Crippen molar-refractivity contribution in [1.29, 1.82) is 0 Å². The minimum Gasteiger partial charge on any atom is -0.462 e. The van der Waals surface area contributed by atoms with E-state index in [1.54, 1.807) is 24.3 Å². The summed E-state index contributed by atoms with van der Waals surface area (Å²) in [6, 6.07) is 6.83. The molecule has 0 bridgehead atoms. The Morgan fingerprint density at radius 1 is 0.438 bits per heavy atom. The van der Waals surface area contributed by atoms with Crippen molar-refractivity contribution in [3.8, 4) is 0 Å². The van der Waals surface area contributed by atoms with Crippen LogP contribution in [0, 0.1) is 0 Å². The van der Waals surface area contributed by atoms with E-state index < -0.39 is 11.9 Å². The van der Waals surface area contributed by atoms with Crippen LogP contribution in [0.2, 0.25) is 0 Å². The van der Waals surface area contributed by atoms with Gasteiger partial charge in [-0.3, -0.25) is 0 Å². The summed E-state index contributed by atoms with van der Waals surface area (Å²) in [5.41, 5.74) is 0.566. The van der Waals surface area contributed by atoms with Crippen LogP contribution in [0.4, 0.5) is 0 Å². The Labute approximate surface area is 297 Å². The third-order valence-corrected chi connectivity index (χ3v) is 9.49. The molecule has 0 unspecified atom stereocenters. The van der Waals surface area contributed by atoms with Gasteiger partial charge in [0.15, 0.2) is 0 Å². The predicted octanol–water partition coefficient (Wildman–Crippen LogP) is 11.3. The zero-order valence-corrected chi connectivity index (χ0v) is 32.1.